The van der Waals surface area contributed by atoms with Crippen LogP contribution in [0.15, 0.2) is 0 Å². The molecular weight excluding hydrogens is 570 g/mol. The predicted molar refractivity (Wildman–Crippen MR) is 199 cm³/mol. The van der Waals surface area contributed by atoms with Gasteiger partial charge < -0.3 is 20.6 Å². The van der Waals surface area contributed by atoms with Crippen molar-refractivity contribution in [3.63, 3.8) is 0 Å². The number of hydrogen-bond donors (Lipinski definition) is 4. The highest BCUT2D eigenvalue weighted by Gasteiger charge is 2.26. The minimum Gasteiger partial charge on any atom is -0.394 e. The van der Waals surface area contributed by atoms with Gasteiger partial charge in [-0.15, -0.1) is 0 Å². The highest BCUT2D eigenvalue weighted by atomic mass is 16.3. The van der Waals surface area contributed by atoms with Crippen molar-refractivity contribution in [1.29, 1.82) is 0 Å². The Labute approximate surface area is 287 Å². The molecule has 0 aliphatic rings. The van der Waals surface area contributed by atoms with E-state index < -0.39 is 18.2 Å². The Balaban J connectivity index is 3.49. The summed E-state index contributed by atoms with van der Waals surface area (Å²) in [5, 5.41) is 33.3. The number of aliphatic hydroxyl groups is 3. The average molecular weight is 654 g/mol. The van der Waals surface area contributed by atoms with Crippen molar-refractivity contribution in [3.8, 4) is 0 Å². The van der Waals surface area contributed by atoms with Gasteiger partial charge in [0.2, 0.25) is 5.91 Å². The standard InChI is InChI=1S/C41H83NO4/c1-3-5-7-9-11-13-14-15-16-17-18-19-20-21-22-23-24-25-26-27-28-30-32-34-36-40(45)42-38(37-43)41(46)39(44)35-33-31-29-12-10-8-6-4-2/h38-39,41,43-44,46H,3-37H2,1-2H3,(H,42,45)/t38-,39+,41-/m0/s1. The summed E-state index contributed by atoms with van der Waals surface area (Å²) in [5.74, 6) is -0.142. The molecule has 0 bridgehead atoms. The molecule has 3 atom stereocenters. The summed E-state index contributed by atoms with van der Waals surface area (Å²) >= 11 is 0. The number of nitrogens with one attached hydrogen (secondary N) is 1. The van der Waals surface area contributed by atoms with Crippen LogP contribution < -0.4 is 5.32 Å². The number of amides is 1. The maximum atomic E-state index is 12.4. The number of carbonyl (C=O) groups is 1. The van der Waals surface area contributed by atoms with Crippen LogP contribution in [0.2, 0.25) is 0 Å². The topological polar surface area (TPSA) is 89.8 Å². The molecule has 0 rings (SSSR count). The average Bonchev–Trinajstić information content (AvgIpc) is 3.06. The minimum absolute atomic E-state index is 0.142. The van der Waals surface area contributed by atoms with Crippen molar-refractivity contribution < 1.29 is 20.1 Å². The summed E-state index contributed by atoms with van der Waals surface area (Å²) in [6.07, 6.45) is 40.8. The number of hydrogen-bond acceptors (Lipinski definition) is 4. The Morgan fingerprint density at radius 3 is 1.04 bits per heavy atom. The summed E-state index contributed by atoms with van der Waals surface area (Å²) in [7, 11) is 0. The zero-order valence-electron chi connectivity index (χ0n) is 31.2. The van der Waals surface area contributed by atoms with Crippen LogP contribution in [-0.2, 0) is 4.79 Å². The molecule has 0 aromatic heterocycles. The van der Waals surface area contributed by atoms with Crippen LogP contribution in [0.3, 0.4) is 0 Å². The van der Waals surface area contributed by atoms with Gasteiger partial charge in [-0.3, -0.25) is 4.79 Å². The van der Waals surface area contributed by atoms with Gasteiger partial charge in [-0.1, -0.05) is 213 Å². The van der Waals surface area contributed by atoms with E-state index in [2.05, 4.69) is 19.2 Å². The maximum absolute atomic E-state index is 12.4. The van der Waals surface area contributed by atoms with Gasteiger partial charge in [0.15, 0.2) is 0 Å². The van der Waals surface area contributed by atoms with Gasteiger partial charge in [0.1, 0.15) is 6.10 Å². The number of aliphatic hydroxyl groups excluding tert-OH is 3. The van der Waals surface area contributed by atoms with E-state index in [1.54, 1.807) is 0 Å². The lowest BCUT2D eigenvalue weighted by atomic mass is 9.99. The zero-order chi connectivity index (χ0) is 33.8. The van der Waals surface area contributed by atoms with Crippen molar-refractivity contribution in [1.82, 2.24) is 5.32 Å². The first kappa shape index (κ1) is 45.3. The molecule has 4 N–H and O–H groups in total. The molecule has 0 fully saturated rings. The van der Waals surface area contributed by atoms with Gasteiger partial charge >= 0.3 is 0 Å². The van der Waals surface area contributed by atoms with E-state index in [1.807, 2.05) is 0 Å². The second kappa shape index (κ2) is 37.2. The molecule has 5 nitrogen and oxygen atoms in total. The fourth-order valence-electron chi connectivity index (χ4n) is 6.69. The fraction of sp³-hybridized carbons (Fsp3) is 0.976. The molecule has 5 heteroatoms. The molecule has 0 aromatic carbocycles. The van der Waals surface area contributed by atoms with Crippen LogP contribution in [-0.4, -0.2) is 46.1 Å². The molecule has 0 unspecified atom stereocenters. The van der Waals surface area contributed by atoms with Crippen LogP contribution in [0.1, 0.15) is 232 Å². The third-order valence-electron chi connectivity index (χ3n) is 9.96. The normalized spacial score (nSPS) is 13.6. The van der Waals surface area contributed by atoms with Crippen molar-refractivity contribution >= 4 is 5.91 Å². The second-order valence-electron chi connectivity index (χ2n) is 14.6. The lowest BCUT2D eigenvalue weighted by Gasteiger charge is -2.26. The highest BCUT2D eigenvalue weighted by Crippen LogP contribution is 2.17. The van der Waals surface area contributed by atoms with Crippen LogP contribution in [0, 0.1) is 0 Å². The molecule has 0 aliphatic carbocycles. The van der Waals surface area contributed by atoms with Crippen LogP contribution in [0.4, 0.5) is 0 Å². The highest BCUT2D eigenvalue weighted by molar-refractivity contribution is 5.76. The minimum atomic E-state index is -1.13. The maximum Gasteiger partial charge on any atom is 0.220 e. The number of unbranched alkanes of at least 4 members (excludes halogenated alkanes) is 30. The predicted octanol–water partition coefficient (Wildman–Crippen LogP) is 11.5. The molecule has 0 spiro atoms. The van der Waals surface area contributed by atoms with Crippen LogP contribution in [0.25, 0.3) is 0 Å². The molecule has 0 heterocycles. The van der Waals surface area contributed by atoms with Crippen molar-refractivity contribution in [2.75, 3.05) is 6.61 Å². The number of rotatable bonds is 38. The van der Waals surface area contributed by atoms with Gasteiger partial charge in [-0.25, -0.2) is 0 Å². The van der Waals surface area contributed by atoms with Gasteiger partial charge in [0, 0.05) is 6.42 Å². The Morgan fingerprint density at radius 1 is 0.457 bits per heavy atom. The second-order valence-corrected chi connectivity index (χ2v) is 14.6. The first-order valence-corrected chi connectivity index (χ1v) is 20.8. The fourth-order valence-corrected chi connectivity index (χ4v) is 6.69. The molecule has 46 heavy (non-hydrogen) atoms. The van der Waals surface area contributed by atoms with Gasteiger partial charge in [-0.2, -0.15) is 0 Å². The molecule has 0 saturated heterocycles. The first-order valence-electron chi connectivity index (χ1n) is 20.8. The van der Waals surface area contributed by atoms with Crippen molar-refractivity contribution in [2.24, 2.45) is 0 Å². The summed E-state index contributed by atoms with van der Waals surface area (Å²) in [4.78, 5) is 12.4. The third-order valence-corrected chi connectivity index (χ3v) is 9.96. The monoisotopic (exact) mass is 654 g/mol. The Kier molecular flexibility index (Phi) is 36.6. The van der Waals surface area contributed by atoms with E-state index in [-0.39, 0.29) is 12.5 Å². The summed E-state index contributed by atoms with van der Waals surface area (Å²) in [6.45, 7) is 4.15. The van der Waals surface area contributed by atoms with Gasteiger partial charge in [0.05, 0.1) is 18.8 Å². The Morgan fingerprint density at radius 2 is 0.739 bits per heavy atom. The summed E-state index contributed by atoms with van der Waals surface area (Å²) in [6, 6.07) is -0.800. The molecule has 276 valence electrons. The number of carbonyl (C=O) groups excluding carboxylic acids is 1. The zero-order valence-corrected chi connectivity index (χ0v) is 31.2. The van der Waals surface area contributed by atoms with Crippen LogP contribution >= 0.6 is 0 Å². The molecule has 0 aromatic rings. The molecule has 0 radical (unpaired) electrons. The molecule has 0 aliphatic heterocycles. The van der Waals surface area contributed by atoms with Crippen molar-refractivity contribution in [2.45, 2.75) is 250 Å². The van der Waals surface area contributed by atoms with Gasteiger partial charge in [0.25, 0.3) is 0 Å². The van der Waals surface area contributed by atoms with Gasteiger partial charge in [-0.05, 0) is 12.8 Å². The SMILES string of the molecule is CCCCCCCCCCCCCCCCCCCCCCCCCCC(=O)N[C@@H](CO)[C@H](O)[C@H](O)CCCCCCCCCC. The Bertz CT molecular complexity index is 601. The summed E-state index contributed by atoms with van der Waals surface area (Å²) in [5.41, 5.74) is 0. The molecule has 1 amide bonds. The van der Waals surface area contributed by atoms with E-state index in [0.717, 1.165) is 38.5 Å². The van der Waals surface area contributed by atoms with E-state index in [0.29, 0.717) is 12.8 Å². The van der Waals surface area contributed by atoms with E-state index in [4.69, 9.17) is 0 Å². The van der Waals surface area contributed by atoms with E-state index in [9.17, 15) is 20.1 Å². The lowest BCUT2D eigenvalue weighted by molar-refractivity contribution is -0.124. The first-order chi connectivity index (χ1) is 22.6. The van der Waals surface area contributed by atoms with Crippen molar-refractivity contribution in [3.05, 3.63) is 0 Å². The lowest BCUT2D eigenvalue weighted by Crippen LogP contribution is -2.50. The smallest absolute Gasteiger partial charge is 0.220 e. The summed E-state index contributed by atoms with van der Waals surface area (Å²) < 4.78 is 0. The van der Waals surface area contributed by atoms with E-state index in [1.165, 1.54) is 167 Å². The quantitative estimate of drug-likeness (QED) is 0.0499. The Hall–Kier alpha value is -0.650. The van der Waals surface area contributed by atoms with Crippen LogP contribution in [0.5, 0.6) is 0 Å². The molecular formula is C41H83NO4. The van der Waals surface area contributed by atoms with E-state index >= 15 is 0 Å². The largest absolute Gasteiger partial charge is 0.394 e. The molecule has 0 saturated carbocycles. The third kappa shape index (κ3) is 31.9.